The van der Waals surface area contributed by atoms with Gasteiger partial charge in [0.05, 0.1) is 6.61 Å². The van der Waals surface area contributed by atoms with Gasteiger partial charge in [-0.3, -0.25) is 4.79 Å². The third-order valence-corrected chi connectivity index (χ3v) is 2.83. The highest BCUT2D eigenvalue weighted by Crippen LogP contribution is 2.12. The number of H-pyrrole nitrogens is 1. The summed E-state index contributed by atoms with van der Waals surface area (Å²) in [7, 11) is 1.57. The SMILES string of the molecule is COCCNC(=O)c1ccc(NC=C(C#N)c2nn[nH]n2)cc1. The predicted molar refractivity (Wildman–Crippen MR) is 82.0 cm³/mol. The number of rotatable bonds is 7. The Balaban J connectivity index is 1.97. The Bertz CT molecular complexity index is 702. The minimum atomic E-state index is -0.173. The number of carbonyl (C=O) groups excluding carboxylic acids is 1. The van der Waals surface area contributed by atoms with Crippen molar-refractivity contribution in [3.05, 3.63) is 41.9 Å². The summed E-state index contributed by atoms with van der Waals surface area (Å²) in [4.78, 5) is 11.8. The monoisotopic (exact) mass is 313 g/mol. The normalized spacial score (nSPS) is 10.9. The van der Waals surface area contributed by atoms with E-state index in [2.05, 4.69) is 31.3 Å². The number of benzene rings is 1. The van der Waals surface area contributed by atoms with E-state index >= 15 is 0 Å². The van der Waals surface area contributed by atoms with Gasteiger partial charge in [-0.1, -0.05) is 0 Å². The highest BCUT2D eigenvalue weighted by molar-refractivity contribution is 5.94. The fourth-order valence-corrected chi connectivity index (χ4v) is 1.66. The summed E-state index contributed by atoms with van der Waals surface area (Å²) in [6.07, 6.45) is 1.47. The van der Waals surface area contributed by atoms with Crippen LogP contribution in [0.5, 0.6) is 0 Å². The van der Waals surface area contributed by atoms with Crippen LogP contribution in [0.25, 0.3) is 5.57 Å². The lowest BCUT2D eigenvalue weighted by Gasteiger charge is -2.06. The lowest BCUT2D eigenvalue weighted by Crippen LogP contribution is -2.26. The minimum absolute atomic E-state index is 0.173. The number of carbonyl (C=O) groups is 1. The molecule has 0 spiro atoms. The second kappa shape index (κ2) is 8.26. The second-order valence-electron chi connectivity index (χ2n) is 4.38. The van der Waals surface area contributed by atoms with Gasteiger partial charge in [0, 0.05) is 31.1 Å². The average Bonchev–Trinajstić information content (AvgIpc) is 3.10. The van der Waals surface area contributed by atoms with Gasteiger partial charge in [-0.2, -0.15) is 10.5 Å². The number of amides is 1. The van der Waals surface area contributed by atoms with Gasteiger partial charge >= 0.3 is 0 Å². The van der Waals surface area contributed by atoms with Gasteiger partial charge < -0.3 is 15.4 Å². The third-order valence-electron chi connectivity index (χ3n) is 2.83. The topological polar surface area (TPSA) is 129 Å². The first-order chi connectivity index (χ1) is 11.2. The van der Waals surface area contributed by atoms with Crippen molar-refractivity contribution < 1.29 is 9.53 Å². The number of hydrogen-bond acceptors (Lipinski definition) is 7. The smallest absolute Gasteiger partial charge is 0.251 e. The number of nitriles is 1. The predicted octanol–water partition coefficient (Wildman–Crippen LogP) is 0.552. The molecule has 0 saturated carbocycles. The lowest BCUT2D eigenvalue weighted by molar-refractivity contribution is 0.0937. The quantitative estimate of drug-likeness (QED) is 0.503. The summed E-state index contributed by atoms with van der Waals surface area (Å²) in [5.41, 5.74) is 1.49. The van der Waals surface area contributed by atoms with Crippen LogP contribution in [0.4, 0.5) is 5.69 Å². The summed E-state index contributed by atoms with van der Waals surface area (Å²) in [5, 5.41) is 27.9. The molecule has 118 valence electrons. The first kappa shape index (κ1) is 16.1. The van der Waals surface area contributed by atoms with Gasteiger partial charge in [0.15, 0.2) is 0 Å². The first-order valence-corrected chi connectivity index (χ1v) is 6.72. The summed E-state index contributed by atoms with van der Waals surface area (Å²) in [6.45, 7) is 0.914. The van der Waals surface area contributed by atoms with Gasteiger partial charge in [0.25, 0.3) is 5.91 Å². The number of hydrogen-bond donors (Lipinski definition) is 3. The van der Waals surface area contributed by atoms with Crippen molar-refractivity contribution in [2.75, 3.05) is 25.6 Å². The fraction of sp³-hybridized carbons (Fsp3) is 0.214. The van der Waals surface area contributed by atoms with Gasteiger partial charge in [-0.25, -0.2) is 0 Å². The van der Waals surface area contributed by atoms with E-state index in [0.717, 1.165) is 5.69 Å². The van der Waals surface area contributed by atoms with Gasteiger partial charge in [0.2, 0.25) is 5.82 Å². The molecule has 0 bridgehead atoms. The maximum Gasteiger partial charge on any atom is 0.251 e. The van der Waals surface area contributed by atoms with Crippen LogP contribution in [-0.2, 0) is 4.74 Å². The van der Waals surface area contributed by atoms with Crippen molar-refractivity contribution in [3.8, 4) is 6.07 Å². The fourth-order valence-electron chi connectivity index (χ4n) is 1.66. The molecule has 1 aromatic carbocycles. The van der Waals surface area contributed by atoms with Gasteiger partial charge in [0.1, 0.15) is 11.6 Å². The highest BCUT2D eigenvalue weighted by atomic mass is 16.5. The Morgan fingerprint density at radius 3 is 2.83 bits per heavy atom. The Hall–Kier alpha value is -3.25. The van der Waals surface area contributed by atoms with Crippen molar-refractivity contribution >= 4 is 17.2 Å². The number of nitrogens with zero attached hydrogens (tertiary/aromatic N) is 4. The Labute approximate surface area is 132 Å². The van der Waals surface area contributed by atoms with Crippen LogP contribution < -0.4 is 10.6 Å². The standard InChI is InChI=1S/C14H15N7O2/c1-23-7-6-16-14(22)10-2-4-12(5-3-10)17-9-11(8-15)13-18-20-21-19-13/h2-5,9,17H,6-7H2,1H3,(H,16,22)(H,18,19,20,21). The van der Waals surface area contributed by atoms with E-state index in [1.807, 2.05) is 6.07 Å². The van der Waals surface area contributed by atoms with E-state index < -0.39 is 0 Å². The average molecular weight is 313 g/mol. The first-order valence-electron chi connectivity index (χ1n) is 6.72. The molecule has 0 unspecified atom stereocenters. The highest BCUT2D eigenvalue weighted by Gasteiger charge is 2.06. The molecule has 0 saturated heterocycles. The molecule has 0 aliphatic rings. The van der Waals surface area contributed by atoms with Gasteiger partial charge in [-0.05, 0) is 29.5 Å². The minimum Gasteiger partial charge on any atom is -0.383 e. The molecule has 2 aromatic rings. The van der Waals surface area contributed by atoms with Crippen LogP contribution in [0.2, 0.25) is 0 Å². The summed E-state index contributed by atoms with van der Waals surface area (Å²) in [6, 6.07) is 8.79. The van der Waals surface area contributed by atoms with Crippen LogP contribution in [-0.4, -0.2) is 46.8 Å². The molecule has 1 heterocycles. The Kier molecular flexibility index (Phi) is 5.79. The molecule has 9 nitrogen and oxygen atoms in total. The molecule has 3 N–H and O–H groups in total. The Morgan fingerprint density at radius 1 is 1.43 bits per heavy atom. The molecule has 2 rings (SSSR count). The molecule has 23 heavy (non-hydrogen) atoms. The molecule has 0 atom stereocenters. The number of ether oxygens (including phenoxy) is 1. The van der Waals surface area contributed by atoms with Crippen LogP contribution in [0.1, 0.15) is 16.2 Å². The van der Waals surface area contributed by atoms with E-state index in [0.29, 0.717) is 18.7 Å². The zero-order valence-electron chi connectivity index (χ0n) is 12.4. The third kappa shape index (κ3) is 4.62. The molecular formula is C14H15N7O2. The maximum absolute atomic E-state index is 11.8. The molecule has 0 aliphatic heterocycles. The van der Waals surface area contributed by atoms with Crippen molar-refractivity contribution in [2.45, 2.75) is 0 Å². The van der Waals surface area contributed by atoms with E-state index in [9.17, 15) is 4.79 Å². The molecule has 0 aliphatic carbocycles. The van der Waals surface area contributed by atoms with Gasteiger partial charge in [-0.15, -0.1) is 10.2 Å². The number of allylic oxidation sites excluding steroid dienone is 1. The largest absolute Gasteiger partial charge is 0.383 e. The molecule has 9 heteroatoms. The van der Waals surface area contributed by atoms with Crippen LogP contribution >= 0.6 is 0 Å². The number of anilines is 1. The van der Waals surface area contributed by atoms with Crippen molar-refractivity contribution in [1.82, 2.24) is 25.9 Å². The van der Waals surface area contributed by atoms with Crippen LogP contribution in [0, 0.1) is 11.3 Å². The number of methoxy groups -OCH3 is 1. The summed E-state index contributed by atoms with van der Waals surface area (Å²) in [5.74, 6) is 0.0304. The maximum atomic E-state index is 11.8. The number of aromatic amines is 1. The van der Waals surface area contributed by atoms with E-state index in [-0.39, 0.29) is 17.3 Å². The number of tetrazole rings is 1. The lowest BCUT2D eigenvalue weighted by atomic mass is 10.2. The Morgan fingerprint density at radius 2 is 2.22 bits per heavy atom. The number of nitrogens with one attached hydrogen (secondary N) is 3. The molecule has 1 aromatic heterocycles. The van der Waals surface area contributed by atoms with Crippen molar-refractivity contribution in [1.29, 1.82) is 5.26 Å². The summed E-state index contributed by atoms with van der Waals surface area (Å²) < 4.78 is 4.87. The van der Waals surface area contributed by atoms with E-state index in [4.69, 9.17) is 10.00 Å². The zero-order valence-corrected chi connectivity index (χ0v) is 12.4. The number of aromatic nitrogens is 4. The van der Waals surface area contributed by atoms with E-state index in [1.165, 1.54) is 6.20 Å². The molecule has 1 amide bonds. The van der Waals surface area contributed by atoms with Crippen LogP contribution in [0.3, 0.4) is 0 Å². The molecule has 0 fully saturated rings. The zero-order chi connectivity index (χ0) is 16.5. The molecular weight excluding hydrogens is 298 g/mol. The van der Waals surface area contributed by atoms with Crippen molar-refractivity contribution in [3.63, 3.8) is 0 Å². The summed E-state index contributed by atoms with van der Waals surface area (Å²) >= 11 is 0. The van der Waals surface area contributed by atoms with Crippen LogP contribution in [0.15, 0.2) is 30.5 Å². The van der Waals surface area contributed by atoms with Crippen molar-refractivity contribution in [2.24, 2.45) is 0 Å². The molecule has 0 radical (unpaired) electrons. The van der Waals surface area contributed by atoms with E-state index in [1.54, 1.807) is 31.4 Å². The second-order valence-corrected chi connectivity index (χ2v) is 4.38.